The molecule has 6 nitrogen and oxygen atoms in total. The van der Waals surface area contributed by atoms with Crippen LogP contribution in [0.2, 0.25) is 0 Å². The Morgan fingerprint density at radius 1 is 0.467 bits per heavy atom. The normalized spacial score (nSPS) is 13.1. The quantitative estimate of drug-likeness (QED) is 0.0322. The molecular formula is C54H99NO5. The predicted molar refractivity (Wildman–Crippen MR) is 259 cm³/mol. The van der Waals surface area contributed by atoms with E-state index in [1.54, 1.807) is 6.08 Å². The number of carbonyl (C=O) groups excluding carboxylic acids is 2. The lowest BCUT2D eigenvalue weighted by molar-refractivity contribution is -0.143. The zero-order valence-electron chi connectivity index (χ0n) is 39.7. The molecule has 0 spiro atoms. The number of unbranched alkanes of at least 4 members (excludes halogenated alkanes) is 30. The third-order valence-corrected chi connectivity index (χ3v) is 11.6. The molecule has 3 N–H and O–H groups in total. The zero-order chi connectivity index (χ0) is 43.7. The molecule has 2 unspecified atom stereocenters. The SMILES string of the molecule is CCCCC/C=C\C/C=C\CCCCCCCC(=O)OCCCCCC/C=C\CCCC(=O)NC(CO)C(O)/C=C/CCCCCCCCCCCCCCCCCCC. The molecule has 0 aliphatic carbocycles. The number of allylic oxidation sites excluding steroid dienone is 7. The molecule has 0 fully saturated rings. The van der Waals surface area contributed by atoms with Crippen LogP contribution in [0.4, 0.5) is 0 Å². The van der Waals surface area contributed by atoms with Crippen molar-refractivity contribution in [1.82, 2.24) is 5.32 Å². The van der Waals surface area contributed by atoms with Gasteiger partial charge in [-0.25, -0.2) is 0 Å². The first-order valence-corrected chi connectivity index (χ1v) is 25.9. The van der Waals surface area contributed by atoms with Crippen molar-refractivity contribution < 1.29 is 24.5 Å². The molecule has 0 saturated heterocycles. The van der Waals surface area contributed by atoms with Crippen LogP contribution < -0.4 is 5.32 Å². The van der Waals surface area contributed by atoms with E-state index in [2.05, 4.69) is 55.6 Å². The van der Waals surface area contributed by atoms with Gasteiger partial charge in [0.05, 0.1) is 25.4 Å². The summed E-state index contributed by atoms with van der Waals surface area (Å²) < 4.78 is 5.43. The van der Waals surface area contributed by atoms with E-state index >= 15 is 0 Å². The largest absolute Gasteiger partial charge is 0.466 e. The monoisotopic (exact) mass is 842 g/mol. The molecule has 0 radical (unpaired) electrons. The molecule has 350 valence electrons. The Hall–Kier alpha value is -2.18. The Bertz CT molecular complexity index is 1020. The second kappa shape index (κ2) is 49.5. The third kappa shape index (κ3) is 45.3. The highest BCUT2D eigenvalue weighted by Crippen LogP contribution is 2.15. The second-order valence-corrected chi connectivity index (χ2v) is 17.5. The van der Waals surface area contributed by atoms with E-state index in [-0.39, 0.29) is 18.5 Å². The van der Waals surface area contributed by atoms with Crippen molar-refractivity contribution in [3.05, 3.63) is 48.6 Å². The van der Waals surface area contributed by atoms with Crippen molar-refractivity contribution in [2.75, 3.05) is 13.2 Å². The standard InChI is InChI=1S/C54H99NO5/c1-3-5-7-9-11-13-15-17-19-20-21-22-24-25-27-30-34-38-42-46-52(57)51(50-56)55-53(58)47-43-39-35-31-29-33-37-41-45-49-60-54(59)48-44-40-36-32-28-26-23-18-16-14-12-10-8-6-4-2/h12,14,18,23,31,35,42,46,51-52,56-57H,3-11,13,15-17,19-22,24-30,32-34,36-41,43-45,47-50H2,1-2H3,(H,55,58)/b14-12-,23-18-,35-31-,46-42+. The first-order chi connectivity index (χ1) is 29.5. The summed E-state index contributed by atoms with van der Waals surface area (Å²) in [6.45, 7) is 4.77. The van der Waals surface area contributed by atoms with E-state index in [1.807, 2.05) is 6.08 Å². The van der Waals surface area contributed by atoms with Crippen LogP contribution in [0.5, 0.6) is 0 Å². The van der Waals surface area contributed by atoms with Crippen LogP contribution in [0.15, 0.2) is 48.6 Å². The van der Waals surface area contributed by atoms with Crippen molar-refractivity contribution in [3.8, 4) is 0 Å². The van der Waals surface area contributed by atoms with E-state index in [4.69, 9.17) is 4.74 Å². The van der Waals surface area contributed by atoms with Crippen molar-refractivity contribution in [3.63, 3.8) is 0 Å². The number of aliphatic hydroxyl groups is 2. The fraction of sp³-hybridized carbons (Fsp3) is 0.815. The van der Waals surface area contributed by atoms with E-state index in [9.17, 15) is 19.8 Å². The van der Waals surface area contributed by atoms with Crippen LogP contribution in [0.25, 0.3) is 0 Å². The molecular weight excluding hydrogens is 743 g/mol. The van der Waals surface area contributed by atoms with Gasteiger partial charge in [0.15, 0.2) is 0 Å². The van der Waals surface area contributed by atoms with Crippen molar-refractivity contribution in [1.29, 1.82) is 0 Å². The van der Waals surface area contributed by atoms with Gasteiger partial charge >= 0.3 is 5.97 Å². The summed E-state index contributed by atoms with van der Waals surface area (Å²) in [5.41, 5.74) is 0. The molecule has 0 heterocycles. The Morgan fingerprint density at radius 2 is 0.850 bits per heavy atom. The molecule has 2 atom stereocenters. The highest BCUT2D eigenvalue weighted by Gasteiger charge is 2.17. The topological polar surface area (TPSA) is 95.9 Å². The van der Waals surface area contributed by atoms with Crippen molar-refractivity contribution >= 4 is 11.9 Å². The summed E-state index contributed by atoms with van der Waals surface area (Å²) in [5.74, 6) is -0.182. The zero-order valence-corrected chi connectivity index (χ0v) is 39.7. The number of ether oxygens (including phenoxy) is 1. The number of esters is 1. The van der Waals surface area contributed by atoms with Gasteiger partial charge in [0.2, 0.25) is 5.91 Å². The van der Waals surface area contributed by atoms with Crippen LogP contribution in [0, 0.1) is 0 Å². The maximum Gasteiger partial charge on any atom is 0.305 e. The van der Waals surface area contributed by atoms with Gasteiger partial charge < -0.3 is 20.3 Å². The maximum atomic E-state index is 12.4. The smallest absolute Gasteiger partial charge is 0.305 e. The molecule has 60 heavy (non-hydrogen) atoms. The Labute approximate surface area is 372 Å². The highest BCUT2D eigenvalue weighted by atomic mass is 16.5. The maximum absolute atomic E-state index is 12.4. The summed E-state index contributed by atoms with van der Waals surface area (Å²) in [6.07, 6.45) is 61.2. The van der Waals surface area contributed by atoms with Crippen LogP contribution >= 0.6 is 0 Å². The Kier molecular flexibility index (Phi) is 47.7. The number of hydrogen-bond donors (Lipinski definition) is 3. The highest BCUT2D eigenvalue weighted by molar-refractivity contribution is 5.76. The van der Waals surface area contributed by atoms with Crippen LogP contribution in [0.3, 0.4) is 0 Å². The minimum atomic E-state index is -0.877. The second-order valence-electron chi connectivity index (χ2n) is 17.5. The molecule has 0 bridgehead atoms. The van der Waals surface area contributed by atoms with Crippen molar-refractivity contribution in [2.24, 2.45) is 0 Å². The summed E-state index contributed by atoms with van der Waals surface area (Å²) in [6, 6.07) is -0.668. The molecule has 6 heteroatoms. The lowest BCUT2D eigenvalue weighted by atomic mass is 10.0. The molecule has 0 rings (SSSR count). The molecule has 1 amide bonds. The third-order valence-electron chi connectivity index (χ3n) is 11.6. The Balaban J connectivity index is 3.60. The Morgan fingerprint density at radius 3 is 1.35 bits per heavy atom. The number of amides is 1. The summed E-state index contributed by atoms with van der Waals surface area (Å²) >= 11 is 0. The van der Waals surface area contributed by atoms with Gasteiger partial charge in [-0.1, -0.05) is 210 Å². The molecule has 0 aromatic rings. The minimum absolute atomic E-state index is 0.0526. The number of carbonyl (C=O) groups is 2. The van der Waals surface area contributed by atoms with Crippen LogP contribution in [0.1, 0.15) is 258 Å². The van der Waals surface area contributed by atoms with E-state index in [0.717, 1.165) is 83.5 Å². The molecule has 0 aromatic heterocycles. The van der Waals surface area contributed by atoms with Gasteiger partial charge in [0.1, 0.15) is 0 Å². The van der Waals surface area contributed by atoms with Gasteiger partial charge in [-0.15, -0.1) is 0 Å². The van der Waals surface area contributed by atoms with Crippen LogP contribution in [-0.4, -0.2) is 47.4 Å². The van der Waals surface area contributed by atoms with Gasteiger partial charge in [0, 0.05) is 12.8 Å². The lowest BCUT2D eigenvalue weighted by Gasteiger charge is -2.19. The van der Waals surface area contributed by atoms with Gasteiger partial charge in [-0.05, 0) is 83.5 Å². The van der Waals surface area contributed by atoms with Crippen molar-refractivity contribution in [2.45, 2.75) is 270 Å². The number of hydrogen-bond acceptors (Lipinski definition) is 5. The fourth-order valence-corrected chi connectivity index (χ4v) is 7.55. The molecule has 0 aliphatic rings. The average molecular weight is 842 g/mol. The number of nitrogens with one attached hydrogen (secondary N) is 1. The summed E-state index contributed by atoms with van der Waals surface area (Å²) in [4.78, 5) is 24.4. The van der Waals surface area contributed by atoms with Gasteiger partial charge in [-0.2, -0.15) is 0 Å². The lowest BCUT2D eigenvalue weighted by Crippen LogP contribution is -2.45. The van der Waals surface area contributed by atoms with Crippen LogP contribution in [-0.2, 0) is 14.3 Å². The summed E-state index contributed by atoms with van der Waals surface area (Å²) in [7, 11) is 0. The van der Waals surface area contributed by atoms with Gasteiger partial charge in [0.25, 0.3) is 0 Å². The average Bonchev–Trinajstić information content (AvgIpc) is 3.25. The predicted octanol–water partition coefficient (Wildman–Crippen LogP) is 15.5. The molecule has 0 aromatic carbocycles. The fourth-order valence-electron chi connectivity index (χ4n) is 7.55. The summed E-state index contributed by atoms with van der Waals surface area (Å²) in [5, 5.41) is 23.0. The number of aliphatic hydroxyl groups excluding tert-OH is 2. The molecule has 0 aliphatic heterocycles. The first kappa shape index (κ1) is 57.8. The minimum Gasteiger partial charge on any atom is -0.466 e. The van der Waals surface area contributed by atoms with Gasteiger partial charge in [-0.3, -0.25) is 9.59 Å². The van der Waals surface area contributed by atoms with E-state index in [0.29, 0.717) is 19.4 Å². The van der Waals surface area contributed by atoms with E-state index in [1.165, 1.54) is 148 Å². The molecule has 0 saturated carbocycles. The number of rotatable bonds is 47. The van der Waals surface area contributed by atoms with E-state index < -0.39 is 12.1 Å². The first-order valence-electron chi connectivity index (χ1n) is 25.9.